The second-order valence-electron chi connectivity index (χ2n) is 5.44. The van der Waals surface area contributed by atoms with Crippen molar-refractivity contribution in [1.29, 1.82) is 0 Å². The van der Waals surface area contributed by atoms with Crippen LogP contribution in [0.25, 0.3) is 6.08 Å². The molecule has 0 aliphatic carbocycles. The van der Waals surface area contributed by atoms with E-state index in [0.29, 0.717) is 9.23 Å². The summed E-state index contributed by atoms with van der Waals surface area (Å²) in [7, 11) is 0. The zero-order valence-corrected chi connectivity index (χ0v) is 15.3. The number of esters is 1. The molecule has 0 spiro atoms. The van der Waals surface area contributed by atoms with Gasteiger partial charge in [-0.3, -0.25) is 14.5 Å². The molecule has 1 aliphatic rings. The van der Waals surface area contributed by atoms with E-state index in [9.17, 15) is 14.7 Å². The highest BCUT2D eigenvalue weighted by molar-refractivity contribution is 8.26. The molecule has 3 rings (SSSR count). The van der Waals surface area contributed by atoms with E-state index in [1.54, 1.807) is 18.2 Å². The summed E-state index contributed by atoms with van der Waals surface area (Å²) in [6, 6.07) is 15.7. The van der Waals surface area contributed by atoms with Gasteiger partial charge < -0.3 is 9.84 Å². The first kappa shape index (κ1) is 18.2. The van der Waals surface area contributed by atoms with E-state index in [0.717, 1.165) is 5.56 Å². The van der Waals surface area contributed by atoms with Crippen LogP contribution in [0.15, 0.2) is 59.5 Å². The van der Waals surface area contributed by atoms with Crippen molar-refractivity contribution in [3.05, 3.63) is 65.1 Å². The minimum Gasteiger partial charge on any atom is -0.504 e. The minimum absolute atomic E-state index is 0.0284. The summed E-state index contributed by atoms with van der Waals surface area (Å²) in [6.45, 7) is 0.128. The zero-order valence-electron chi connectivity index (χ0n) is 13.6. The van der Waals surface area contributed by atoms with Crippen molar-refractivity contribution >= 4 is 46.3 Å². The van der Waals surface area contributed by atoms with E-state index >= 15 is 0 Å². The fraction of sp³-hybridized carbons (Fsp3) is 0.105. The molecule has 1 N–H and O–H groups in total. The smallest absolute Gasteiger partial charge is 0.313 e. The van der Waals surface area contributed by atoms with Gasteiger partial charge >= 0.3 is 5.97 Å². The maximum Gasteiger partial charge on any atom is 0.313 e. The maximum atomic E-state index is 12.5. The Labute approximate surface area is 160 Å². The van der Waals surface area contributed by atoms with Gasteiger partial charge in [0, 0.05) is 6.54 Å². The number of hydrogen-bond acceptors (Lipinski definition) is 6. The number of hydrogen-bond donors (Lipinski definition) is 1. The molecular formula is C19H15NO4S2. The highest BCUT2D eigenvalue weighted by atomic mass is 32.2. The number of phenolic OH excluding ortho intramolecular Hbond substituents is 1. The summed E-state index contributed by atoms with van der Waals surface area (Å²) in [5.74, 6) is -0.795. The molecule has 1 aliphatic heterocycles. The SMILES string of the molecule is O=C(CCN1C(=O)C(=Cc2ccccc2)SC1=S)Oc1ccccc1O. The van der Waals surface area contributed by atoms with Crippen LogP contribution in [-0.2, 0) is 9.59 Å². The van der Waals surface area contributed by atoms with Gasteiger partial charge in [0.2, 0.25) is 0 Å². The van der Waals surface area contributed by atoms with E-state index in [1.807, 2.05) is 30.3 Å². The maximum absolute atomic E-state index is 12.5. The van der Waals surface area contributed by atoms with Crippen LogP contribution in [0.4, 0.5) is 0 Å². The van der Waals surface area contributed by atoms with Crippen LogP contribution in [0.2, 0.25) is 0 Å². The van der Waals surface area contributed by atoms with Crippen molar-refractivity contribution in [2.24, 2.45) is 0 Å². The van der Waals surface area contributed by atoms with E-state index < -0.39 is 5.97 Å². The lowest BCUT2D eigenvalue weighted by Crippen LogP contribution is -2.31. The van der Waals surface area contributed by atoms with Gasteiger partial charge in [-0.15, -0.1) is 0 Å². The predicted molar refractivity (Wildman–Crippen MR) is 105 cm³/mol. The van der Waals surface area contributed by atoms with Crippen LogP contribution in [-0.4, -0.2) is 32.7 Å². The van der Waals surface area contributed by atoms with Crippen molar-refractivity contribution in [1.82, 2.24) is 4.90 Å². The van der Waals surface area contributed by atoms with Gasteiger partial charge in [-0.1, -0.05) is 66.4 Å². The van der Waals surface area contributed by atoms with Crippen molar-refractivity contribution < 1.29 is 19.4 Å². The normalized spacial score (nSPS) is 15.5. The molecule has 26 heavy (non-hydrogen) atoms. The van der Waals surface area contributed by atoms with Crippen LogP contribution in [0, 0.1) is 0 Å². The Morgan fingerprint density at radius 2 is 1.85 bits per heavy atom. The van der Waals surface area contributed by atoms with Gasteiger partial charge in [-0.2, -0.15) is 0 Å². The Morgan fingerprint density at radius 1 is 1.15 bits per heavy atom. The number of phenols is 1. The molecule has 2 aromatic carbocycles. The third-order valence-corrected chi connectivity index (χ3v) is 4.98. The molecule has 0 unspecified atom stereocenters. The molecule has 0 saturated carbocycles. The third-order valence-electron chi connectivity index (χ3n) is 3.60. The fourth-order valence-corrected chi connectivity index (χ4v) is 3.62. The zero-order chi connectivity index (χ0) is 18.5. The van der Waals surface area contributed by atoms with Crippen LogP contribution in [0.5, 0.6) is 11.5 Å². The highest BCUT2D eigenvalue weighted by Crippen LogP contribution is 2.32. The summed E-state index contributed by atoms with van der Waals surface area (Å²) in [4.78, 5) is 26.4. The molecule has 7 heteroatoms. The van der Waals surface area contributed by atoms with Gasteiger partial charge in [0.1, 0.15) is 4.32 Å². The third kappa shape index (κ3) is 4.30. The first-order chi connectivity index (χ1) is 12.5. The molecule has 0 radical (unpaired) electrons. The van der Waals surface area contributed by atoms with Crippen molar-refractivity contribution in [2.45, 2.75) is 6.42 Å². The average molecular weight is 385 g/mol. The van der Waals surface area contributed by atoms with Gasteiger partial charge in [-0.25, -0.2) is 0 Å². The summed E-state index contributed by atoms with van der Waals surface area (Å²) in [6.07, 6.45) is 1.75. The largest absolute Gasteiger partial charge is 0.504 e. The number of nitrogens with zero attached hydrogens (tertiary/aromatic N) is 1. The molecule has 1 fully saturated rings. The lowest BCUT2D eigenvalue weighted by atomic mass is 10.2. The van der Waals surface area contributed by atoms with Crippen molar-refractivity contribution in [3.8, 4) is 11.5 Å². The molecule has 1 amide bonds. The van der Waals surface area contributed by atoms with Crippen LogP contribution in [0.1, 0.15) is 12.0 Å². The number of carbonyl (C=O) groups is 2. The minimum atomic E-state index is -0.549. The number of amides is 1. The van der Waals surface area contributed by atoms with Gasteiger partial charge in [0.15, 0.2) is 11.5 Å². The first-order valence-corrected chi connectivity index (χ1v) is 9.06. The number of para-hydroxylation sites is 2. The number of benzene rings is 2. The Bertz CT molecular complexity index is 880. The van der Waals surface area contributed by atoms with Gasteiger partial charge in [0.05, 0.1) is 11.3 Å². The van der Waals surface area contributed by atoms with E-state index in [4.69, 9.17) is 17.0 Å². The monoisotopic (exact) mass is 385 g/mol. The lowest BCUT2D eigenvalue weighted by Gasteiger charge is -2.13. The molecule has 1 heterocycles. The number of thioether (sulfide) groups is 1. The average Bonchev–Trinajstić information content (AvgIpc) is 2.89. The number of carbonyl (C=O) groups excluding carboxylic acids is 2. The van der Waals surface area contributed by atoms with Crippen LogP contribution >= 0.6 is 24.0 Å². The summed E-state index contributed by atoms with van der Waals surface area (Å²) in [5.41, 5.74) is 0.909. The molecule has 2 aromatic rings. The van der Waals surface area contributed by atoms with E-state index in [1.165, 1.54) is 28.8 Å². The second kappa shape index (κ2) is 8.16. The Hall–Kier alpha value is -2.64. The predicted octanol–water partition coefficient (Wildman–Crippen LogP) is 3.59. The van der Waals surface area contributed by atoms with Crippen molar-refractivity contribution in [3.63, 3.8) is 0 Å². The lowest BCUT2D eigenvalue weighted by molar-refractivity contribution is -0.135. The Kier molecular flexibility index (Phi) is 5.70. The molecule has 0 bridgehead atoms. The van der Waals surface area contributed by atoms with Gasteiger partial charge in [-0.05, 0) is 23.8 Å². The molecule has 0 aromatic heterocycles. The summed E-state index contributed by atoms with van der Waals surface area (Å²) >= 11 is 6.46. The highest BCUT2D eigenvalue weighted by Gasteiger charge is 2.32. The summed E-state index contributed by atoms with van der Waals surface area (Å²) in [5, 5.41) is 9.62. The standard InChI is InChI=1S/C19H15NO4S2/c21-14-8-4-5-9-15(14)24-17(22)10-11-20-18(23)16(26-19(20)25)12-13-6-2-1-3-7-13/h1-9,12,21H,10-11H2. The number of ether oxygens (including phenoxy) is 1. The molecule has 5 nitrogen and oxygen atoms in total. The fourth-order valence-electron chi connectivity index (χ4n) is 2.31. The molecule has 132 valence electrons. The second-order valence-corrected chi connectivity index (χ2v) is 7.11. The molecule has 1 saturated heterocycles. The number of rotatable bonds is 5. The van der Waals surface area contributed by atoms with Crippen LogP contribution in [0.3, 0.4) is 0 Å². The number of thiocarbonyl (C=S) groups is 1. The quantitative estimate of drug-likeness (QED) is 0.367. The van der Waals surface area contributed by atoms with E-state index in [2.05, 4.69) is 0 Å². The number of aromatic hydroxyl groups is 1. The van der Waals surface area contributed by atoms with Crippen molar-refractivity contribution in [2.75, 3.05) is 6.54 Å². The Morgan fingerprint density at radius 3 is 2.58 bits per heavy atom. The van der Waals surface area contributed by atoms with Gasteiger partial charge in [0.25, 0.3) is 5.91 Å². The van der Waals surface area contributed by atoms with Crippen LogP contribution < -0.4 is 4.74 Å². The van der Waals surface area contributed by atoms with E-state index in [-0.39, 0.29) is 30.4 Å². The Balaban J connectivity index is 1.61. The topological polar surface area (TPSA) is 66.8 Å². The summed E-state index contributed by atoms with van der Waals surface area (Å²) < 4.78 is 5.52. The first-order valence-electron chi connectivity index (χ1n) is 7.83. The molecule has 0 atom stereocenters. The molecular weight excluding hydrogens is 370 g/mol.